The molecule has 0 atom stereocenters. The Balaban J connectivity index is 0. The normalized spacial score (nSPS) is 8.35. The number of carbonyl (C=O) groups is 2. The fourth-order valence-corrected chi connectivity index (χ4v) is 0.786. The Morgan fingerprint density at radius 2 is 2.00 bits per heavy atom. The minimum atomic E-state index is -0.711. The Kier molecular flexibility index (Phi) is 14.8. The van der Waals surface area contributed by atoms with Gasteiger partial charge in [0, 0.05) is 24.3 Å². The van der Waals surface area contributed by atoms with Gasteiger partial charge in [0.05, 0.1) is 6.61 Å². The molecule has 0 saturated carbocycles. The third-order valence-corrected chi connectivity index (χ3v) is 1.47. The van der Waals surface area contributed by atoms with Crippen LogP contribution in [0.15, 0.2) is 5.11 Å². The number of esters is 1. The molecule has 1 N–H and O–H groups in total. The first-order valence-electron chi connectivity index (χ1n) is 5.46. The molecule has 0 aliphatic carbocycles. The van der Waals surface area contributed by atoms with Crippen molar-refractivity contribution in [2.75, 3.05) is 13.2 Å². The zero-order valence-corrected chi connectivity index (χ0v) is 10.3. The van der Waals surface area contributed by atoms with Crippen LogP contribution in [-0.2, 0) is 14.3 Å². The molecule has 17 heavy (non-hydrogen) atoms. The maximum absolute atomic E-state index is 10.6. The number of nitrogens with zero attached hydrogens (tertiary/aromatic N) is 3. The maximum Gasteiger partial charge on any atom is 0.305 e. The van der Waals surface area contributed by atoms with Crippen molar-refractivity contribution in [1.82, 2.24) is 0 Å². The lowest BCUT2D eigenvalue weighted by Crippen LogP contribution is -2.03. The number of hydrogen-bond acceptors (Lipinski definition) is 4. The quantitative estimate of drug-likeness (QED) is 0.244. The van der Waals surface area contributed by atoms with E-state index in [0.717, 1.165) is 6.42 Å². The molecule has 0 rings (SSSR count). The summed E-state index contributed by atoms with van der Waals surface area (Å²) in [6.07, 6.45) is 1.91. The molecule has 0 aromatic rings. The van der Waals surface area contributed by atoms with E-state index in [1.807, 2.05) is 6.92 Å². The number of aliphatic carboxylic acids is 1. The summed E-state index contributed by atoms with van der Waals surface area (Å²) in [6, 6.07) is 0. The van der Waals surface area contributed by atoms with Crippen LogP contribution < -0.4 is 0 Å². The SMILES string of the molecule is CCCC(=O)O.CCOC(=O)CCCN=[N+]=[N-]. The van der Waals surface area contributed by atoms with Gasteiger partial charge in [-0.05, 0) is 25.3 Å². The Hall–Kier alpha value is -1.75. The summed E-state index contributed by atoms with van der Waals surface area (Å²) in [7, 11) is 0. The summed E-state index contributed by atoms with van der Waals surface area (Å²) in [4.78, 5) is 22.8. The summed E-state index contributed by atoms with van der Waals surface area (Å²) in [6.45, 7) is 4.36. The van der Waals surface area contributed by atoms with Gasteiger partial charge in [0.2, 0.25) is 0 Å². The second kappa shape index (κ2) is 14.2. The molecule has 0 radical (unpaired) electrons. The smallest absolute Gasteiger partial charge is 0.305 e. The van der Waals surface area contributed by atoms with E-state index < -0.39 is 5.97 Å². The van der Waals surface area contributed by atoms with E-state index in [4.69, 9.17) is 10.6 Å². The van der Waals surface area contributed by atoms with Crippen LogP contribution >= 0.6 is 0 Å². The number of hydrogen-bond donors (Lipinski definition) is 1. The lowest BCUT2D eigenvalue weighted by molar-refractivity contribution is -0.143. The number of azide groups is 1. The standard InChI is InChI=1S/C6H11N3O2.C4H8O2/c1-2-11-6(10)4-3-5-8-9-7;1-2-3-4(5)6/h2-5H2,1H3;2-3H2,1H3,(H,5,6). The van der Waals surface area contributed by atoms with Crippen molar-refractivity contribution in [1.29, 1.82) is 0 Å². The summed E-state index contributed by atoms with van der Waals surface area (Å²) in [5.74, 6) is -0.946. The fraction of sp³-hybridized carbons (Fsp3) is 0.800. The zero-order valence-electron chi connectivity index (χ0n) is 10.3. The van der Waals surface area contributed by atoms with Gasteiger partial charge in [0.1, 0.15) is 0 Å². The second-order valence-electron chi connectivity index (χ2n) is 3.01. The number of carbonyl (C=O) groups excluding carboxylic acids is 1. The third kappa shape index (κ3) is 20.4. The number of ether oxygens (including phenoxy) is 1. The topological polar surface area (TPSA) is 112 Å². The van der Waals surface area contributed by atoms with Gasteiger partial charge in [-0.2, -0.15) is 0 Å². The average molecular weight is 245 g/mol. The van der Waals surface area contributed by atoms with E-state index in [0.29, 0.717) is 32.4 Å². The molecule has 0 unspecified atom stereocenters. The molecule has 0 aromatic carbocycles. The van der Waals surface area contributed by atoms with Crippen molar-refractivity contribution >= 4 is 11.9 Å². The predicted molar refractivity (Wildman–Crippen MR) is 62.4 cm³/mol. The molecule has 0 saturated heterocycles. The first-order chi connectivity index (χ1) is 8.08. The van der Waals surface area contributed by atoms with Gasteiger partial charge in [0.15, 0.2) is 0 Å². The molecule has 0 aliphatic heterocycles. The highest BCUT2D eigenvalue weighted by Crippen LogP contribution is 1.92. The van der Waals surface area contributed by atoms with E-state index in [2.05, 4.69) is 14.8 Å². The Morgan fingerprint density at radius 1 is 1.35 bits per heavy atom. The van der Waals surface area contributed by atoms with Crippen molar-refractivity contribution in [3.8, 4) is 0 Å². The monoisotopic (exact) mass is 245 g/mol. The van der Waals surface area contributed by atoms with Crippen molar-refractivity contribution in [3.05, 3.63) is 10.4 Å². The van der Waals surface area contributed by atoms with Crippen molar-refractivity contribution in [2.24, 2.45) is 5.11 Å². The van der Waals surface area contributed by atoms with Crippen LogP contribution in [0.4, 0.5) is 0 Å². The van der Waals surface area contributed by atoms with Crippen LogP contribution in [0.2, 0.25) is 0 Å². The van der Waals surface area contributed by atoms with E-state index in [1.54, 1.807) is 6.92 Å². The minimum absolute atomic E-state index is 0.236. The third-order valence-electron chi connectivity index (χ3n) is 1.47. The molecule has 0 spiro atoms. The first kappa shape index (κ1) is 17.6. The maximum atomic E-state index is 10.6. The predicted octanol–water partition coefficient (Wildman–Crippen LogP) is 2.51. The summed E-state index contributed by atoms with van der Waals surface area (Å²) in [5.41, 5.74) is 7.88. The van der Waals surface area contributed by atoms with Gasteiger partial charge < -0.3 is 9.84 Å². The highest BCUT2D eigenvalue weighted by molar-refractivity contribution is 5.69. The van der Waals surface area contributed by atoms with E-state index in [1.165, 1.54) is 0 Å². The molecule has 7 nitrogen and oxygen atoms in total. The van der Waals surface area contributed by atoms with Crippen LogP contribution in [0.3, 0.4) is 0 Å². The molecule has 98 valence electrons. The number of rotatable bonds is 7. The van der Waals surface area contributed by atoms with Crippen molar-refractivity contribution < 1.29 is 19.4 Å². The first-order valence-corrected chi connectivity index (χ1v) is 5.46. The molecule has 0 heterocycles. The Morgan fingerprint density at radius 3 is 2.35 bits per heavy atom. The summed E-state index contributed by atoms with van der Waals surface area (Å²) < 4.78 is 4.65. The van der Waals surface area contributed by atoms with E-state index >= 15 is 0 Å². The number of carboxylic acid groups (broad SMARTS) is 1. The molecule has 0 fully saturated rings. The fourth-order valence-electron chi connectivity index (χ4n) is 0.786. The molecule has 0 amide bonds. The van der Waals surface area contributed by atoms with Gasteiger partial charge in [-0.25, -0.2) is 0 Å². The van der Waals surface area contributed by atoms with Gasteiger partial charge >= 0.3 is 11.9 Å². The Labute approximate surface area is 100 Å². The van der Waals surface area contributed by atoms with Crippen LogP contribution in [0.1, 0.15) is 39.5 Å². The zero-order chi connectivity index (χ0) is 13.5. The van der Waals surface area contributed by atoms with Crippen LogP contribution in [0.5, 0.6) is 0 Å². The molecular weight excluding hydrogens is 226 g/mol. The molecule has 7 heteroatoms. The van der Waals surface area contributed by atoms with Crippen molar-refractivity contribution in [3.63, 3.8) is 0 Å². The van der Waals surface area contributed by atoms with Crippen molar-refractivity contribution in [2.45, 2.75) is 39.5 Å². The minimum Gasteiger partial charge on any atom is -0.481 e. The van der Waals surface area contributed by atoms with E-state index in [-0.39, 0.29) is 5.97 Å². The van der Waals surface area contributed by atoms with Gasteiger partial charge in [-0.15, -0.1) is 0 Å². The molecule has 0 aromatic heterocycles. The van der Waals surface area contributed by atoms with E-state index in [9.17, 15) is 9.59 Å². The van der Waals surface area contributed by atoms with Gasteiger partial charge in [-0.1, -0.05) is 12.0 Å². The molecular formula is C10H19N3O4. The molecule has 0 aliphatic rings. The van der Waals surface area contributed by atoms with Crippen LogP contribution in [-0.4, -0.2) is 30.2 Å². The van der Waals surface area contributed by atoms with Gasteiger partial charge in [-0.3, -0.25) is 9.59 Å². The summed E-state index contributed by atoms with van der Waals surface area (Å²) in [5, 5.41) is 11.2. The Bertz CT molecular complexity index is 262. The second-order valence-corrected chi connectivity index (χ2v) is 3.01. The lowest BCUT2D eigenvalue weighted by Gasteiger charge is -1.98. The van der Waals surface area contributed by atoms with Crippen LogP contribution in [0.25, 0.3) is 10.4 Å². The van der Waals surface area contributed by atoms with Crippen LogP contribution in [0, 0.1) is 0 Å². The highest BCUT2D eigenvalue weighted by atomic mass is 16.5. The largest absolute Gasteiger partial charge is 0.481 e. The summed E-state index contributed by atoms with van der Waals surface area (Å²) >= 11 is 0. The lowest BCUT2D eigenvalue weighted by atomic mass is 10.3. The molecule has 0 bridgehead atoms. The number of carboxylic acids is 1. The average Bonchev–Trinajstić information content (AvgIpc) is 2.25. The van der Waals surface area contributed by atoms with Gasteiger partial charge in [0.25, 0.3) is 0 Å². The highest BCUT2D eigenvalue weighted by Gasteiger charge is 1.98.